The summed E-state index contributed by atoms with van der Waals surface area (Å²) in [5.74, 6) is 0.831. The minimum Gasteiger partial charge on any atom is -0.495 e. The van der Waals surface area contributed by atoms with Crippen LogP contribution in [-0.2, 0) is 0 Å². The van der Waals surface area contributed by atoms with Crippen LogP contribution in [0.3, 0.4) is 0 Å². The second-order valence-corrected chi connectivity index (χ2v) is 4.90. The molecule has 1 aromatic carbocycles. The molecule has 0 bridgehead atoms. The lowest BCUT2D eigenvalue weighted by molar-refractivity contribution is 0.102. The van der Waals surface area contributed by atoms with Crippen molar-refractivity contribution in [3.8, 4) is 11.6 Å². The number of aromatic nitrogens is 4. The lowest BCUT2D eigenvalue weighted by atomic mass is 10.2. The van der Waals surface area contributed by atoms with Crippen molar-refractivity contribution in [1.29, 1.82) is 0 Å². The van der Waals surface area contributed by atoms with Crippen LogP contribution in [0.4, 0.5) is 5.69 Å². The molecule has 3 aromatic rings. The van der Waals surface area contributed by atoms with E-state index in [1.165, 1.54) is 0 Å². The first-order valence-corrected chi connectivity index (χ1v) is 6.95. The minimum atomic E-state index is -0.349. The van der Waals surface area contributed by atoms with Gasteiger partial charge in [0.25, 0.3) is 5.91 Å². The Morgan fingerprint density at radius 1 is 1.22 bits per heavy atom. The fraction of sp³-hybridized carbons (Fsp3) is 0.125. The third-order valence-corrected chi connectivity index (χ3v) is 3.26. The summed E-state index contributed by atoms with van der Waals surface area (Å²) in [7, 11) is 1.56. The number of carbonyl (C=O) groups excluding carboxylic acids is 1. The first-order chi connectivity index (χ1) is 11.2. The molecule has 7 heteroatoms. The molecule has 0 radical (unpaired) electrons. The van der Waals surface area contributed by atoms with E-state index >= 15 is 0 Å². The second-order valence-electron chi connectivity index (χ2n) is 4.90. The number of amides is 1. The van der Waals surface area contributed by atoms with E-state index in [0.29, 0.717) is 17.3 Å². The molecular formula is C16H15N5O2. The highest BCUT2D eigenvalue weighted by molar-refractivity contribution is 6.03. The number of carbonyl (C=O) groups is 1. The van der Waals surface area contributed by atoms with E-state index in [2.05, 4.69) is 20.5 Å². The van der Waals surface area contributed by atoms with Crippen LogP contribution in [-0.4, -0.2) is 32.8 Å². The molecule has 0 aliphatic carbocycles. The van der Waals surface area contributed by atoms with Gasteiger partial charge < -0.3 is 10.1 Å². The van der Waals surface area contributed by atoms with Gasteiger partial charge in [-0.1, -0.05) is 6.07 Å². The monoisotopic (exact) mass is 309 g/mol. The average molecular weight is 309 g/mol. The van der Waals surface area contributed by atoms with Gasteiger partial charge in [-0.2, -0.15) is 0 Å². The molecule has 0 aliphatic heterocycles. The molecule has 0 aliphatic rings. The van der Waals surface area contributed by atoms with Crippen LogP contribution < -0.4 is 10.1 Å². The quantitative estimate of drug-likeness (QED) is 0.799. The van der Waals surface area contributed by atoms with Gasteiger partial charge in [0.2, 0.25) is 0 Å². The zero-order valence-corrected chi connectivity index (χ0v) is 12.7. The van der Waals surface area contributed by atoms with Gasteiger partial charge in [-0.15, -0.1) is 10.2 Å². The van der Waals surface area contributed by atoms with Crippen LogP contribution in [0.2, 0.25) is 0 Å². The van der Waals surface area contributed by atoms with Crippen molar-refractivity contribution in [3.05, 3.63) is 60.3 Å². The number of nitrogens with zero attached hydrogens (tertiary/aromatic N) is 4. The zero-order valence-electron chi connectivity index (χ0n) is 12.7. The van der Waals surface area contributed by atoms with Crippen LogP contribution >= 0.6 is 0 Å². The van der Waals surface area contributed by atoms with E-state index in [1.54, 1.807) is 48.6 Å². The maximum absolute atomic E-state index is 12.3. The summed E-state index contributed by atoms with van der Waals surface area (Å²) in [4.78, 5) is 16.2. The van der Waals surface area contributed by atoms with Crippen LogP contribution in [0.1, 0.15) is 16.1 Å². The number of hydrogen-bond acceptors (Lipinski definition) is 5. The lowest BCUT2D eigenvalue weighted by Gasteiger charge is -2.10. The minimum absolute atomic E-state index is 0.220. The van der Waals surface area contributed by atoms with Crippen molar-refractivity contribution in [2.75, 3.05) is 12.4 Å². The van der Waals surface area contributed by atoms with Crippen LogP contribution in [0, 0.1) is 6.92 Å². The Hall–Kier alpha value is -3.22. The molecule has 0 spiro atoms. The van der Waals surface area contributed by atoms with Gasteiger partial charge in [0, 0.05) is 12.4 Å². The van der Waals surface area contributed by atoms with Gasteiger partial charge in [0.1, 0.15) is 12.1 Å². The number of benzene rings is 1. The van der Waals surface area contributed by atoms with Crippen LogP contribution in [0.25, 0.3) is 5.82 Å². The van der Waals surface area contributed by atoms with Gasteiger partial charge in [-0.05, 0) is 36.8 Å². The van der Waals surface area contributed by atoms with Gasteiger partial charge in [0.15, 0.2) is 11.5 Å². The molecule has 0 saturated carbocycles. The van der Waals surface area contributed by atoms with Crippen molar-refractivity contribution in [1.82, 2.24) is 19.7 Å². The summed E-state index contributed by atoms with van der Waals surface area (Å²) in [6, 6.07) is 8.87. The summed E-state index contributed by atoms with van der Waals surface area (Å²) in [5.41, 5.74) is 1.83. The summed E-state index contributed by atoms with van der Waals surface area (Å²) in [5, 5.41) is 10.8. The number of rotatable bonds is 4. The van der Waals surface area contributed by atoms with Crippen molar-refractivity contribution in [2.45, 2.75) is 6.92 Å². The predicted octanol–water partition coefficient (Wildman–Crippen LogP) is 2.23. The number of anilines is 1. The zero-order chi connectivity index (χ0) is 16.2. The second kappa shape index (κ2) is 6.27. The predicted molar refractivity (Wildman–Crippen MR) is 84.8 cm³/mol. The largest absolute Gasteiger partial charge is 0.495 e. The Morgan fingerprint density at radius 2 is 2.09 bits per heavy atom. The molecule has 0 atom stereocenters. The molecule has 23 heavy (non-hydrogen) atoms. The molecule has 2 aromatic heterocycles. The maximum atomic E-state index is 12.3. The highest BCUT2D eigenvalue weighted by Gasteiger charge is 2.12. The Morgan fingerprint density at radius 3 is 2.74 bits per heavy atom. The van der Waals surface area contributed by atoms with E-state index in [9.17, 15) is 4.79 Å². The topological polar surface area (TPSA) is 81.9 Å². The number of imidazole rings is 1. The van der Waals surface area contributed by atoms with Crippen molar-refractivity contribution in [2.24, 2.45) is 0 Å². The van der Waals surface area contributed by atoms with E-state index in [1.807, 2.05) is 19.1 Å². The number of ether oxygens (including phenoxy) is 1. The first-order valence-electron chi connectivity index (χ1n) is 6.95. The molecule has 7 nitrogen and oxygen atoms in total. The Bertz CT molecular complexity index is 813. The molecule has 0 saturated heterocycles. The summed E-state index contributed by atoms with van der Waals surface area (Å²) in [6.07, 6.45) is 5.01. The van der Waals surface area contributed by atoms with Crippen LogP contribution in [0.15, 0.2) is 49.1 Å². The fourth-order valence-corrected chi connectivity index (χ4v) is 2.08. The third-order valence-electron chi connectivity index (χ3n) is 3.26. The molecule has 2 heterocycles. The van der Waals surface area contributed by atoms with E-state index < -0.39 is 0 Å². The van der Waals surface area contributed by atoms with Crippen molar-refractivity contribution < 1.29 is 9.53 Å². The molecule has 0 unspecified atom stereocenters. The smallest absolute Gasteiger partial charge is 0.276 e. The molecular weight excluding hydrogens is 294 g/mol. The number of hydrogen-bond donors (Lipinski definition) is 1. The highest BCUT2D eigenvalue weighted by Crippen LogP contribution is 2.25. The Labute approximate surface area is 133 Å². The maximum Gasteiger partial charge on any atom is 0.276 e. The molecule has 0 fully saturated rings. The number of aryl methyl sites for hydroxylation is 1. The van der Waals surface area contributed by atoms with E-state index in [-0.39, 0.29) is 11.6 Å². The number of nitrogens with one attached hydrogen (secondary N) is 1. The summed E-state index contributed by atoms with van der Waals surface area (Å²) in [6.45, 7) is 1.94. The van der Waals surface area contributed by atoms with Gasteiger partial charge in [-0.3, -0.25) is 9.36 Å². The first kappa shape index (κ1) is 14.7. The van der Waals surface area contributed by atoms with Crippen molar-refractivity contribution in [3.63, 3.8) is 0 Å². The average Bonchev–Trinajstić information content (AvgIpc) is 3.10. The van der Waals surface area contributed by atoms with E-state index in [0.717, 1.165) is 5.56 Å². The summed E-state index contributed by atoms with van der Waals surface area (Å²) < 4.78 is 6.95. The third kappa shape index (κ3) is 3.18. The Balaban J connectivity index is 1.80. The molecule has 1 N–H and O–H groups in total. The standard InChI is InChI=1S/C16H15N5O2/c1-11-3-5-14(23-2)13(9-11)18-16(22)12-4-6-15(20-19-12)21-8-7-17-10-21/h3-10H,1-2H3,(H,18,22). The normalized spacial score (nSPS) is 10.3. The SMILES string of the molecule is COc1ccc(C)cc1NC(=O)c1ccc(-n2ccnc2)nn1. The lowest BCUT2D eigenvalue weighted by Crippen LogP contribution is -2.15. The van der Waals surface area contributed by atoms with Gasteiger partial charge >= 0.3 is 0 Å². The van der Waals surface area contributed by atoms with Gasteiger partial charge in [0.05, 0.1) is 12.8 Å². The van der Waals surface area contributed by atoms with Crippen LogP contribution in [0.5, 0.6) is 5.75 Å². The molecule has 1 amide bonds. The Kier molecular flexibility index (Phi) is 4.01. The molecule has 3 rings (SSSR count). The highest BCUT2D eigenvalue weighted by atomic mass is 16.5. The summed E-state index contributed by atoms with van der Waals surface area (Å²) >= 11 is 0. The van der Waals surface area contributed by atoms with Gasteiger partial charge in [-0.25, -0.2) is 4.98 Å². The molecule has 116 valence electrons. The number of methoxy groups -OCH3 is 1. The fourth-order valence-electron chi connectivity index (χ4n) is 2.08. The van der Waals surface area contributed by atoms with Crippen molar-refractivity contribution >= 4 is 11.6 Å². The van der Waals surface area contributed by atoms with E-state index in [4.69, 9.17) is 4.74 Å².